The topological polar surface area (TPSA) is 121 Å². The normalized spacial score (nSPS) is 21.9. The summed E-state index contributed by atoms with van der Waals surface area (Å²) in [5.74, 6) is -3.82. The molecule has 2 heterocycles. The maximum absolute atomic E-state index is 13.8. The first-order valence-corrected chi connectivity index (χ1v) is 14.6. The minimum atomic E-state index is -3.77. The van der Waals surface area contributed by atoms with E-state index < -0.39 is 52.2 Å². The Morgan fingerprint density at radius 1 is 1.11 bits per heavy atom. The average molecular weight is 551 g/mol. The third-order valence-electron chi connectivity index (χ3n) is 7.99. The van der Waals surface area contributed by atoms with E-state index >= 15 is 0 Å². The first-order valence-electron chi connectivity index (χ1n) is 12.9. The maximum atomic E-state index is 13.8. The number of carbonyl (C=O) groups is 1. The zero-order chi connectivity index (χ0) is 27.1. The fourth-order valence-electron chi connectivity index (χ4n) is 5.54. The molecule has 2 aliphatic carbocycles. The highest BCUT2D eigenvalue weighted by molar-refractivity contribution is 7.92. The van der Waals surface area contributed by atoms with Gasteiger partial charge >= 0.3 is 0 Å². The molecule has 1 amide bonds. The van der Waals surface area contributed by atoms with Gasteiger partial charge in [-0.1, -0.05) is 0 Å². The Bertz CT molecular complexity index is 1380. The van der Waals surface area contributed by atoms with Crippen LogP contribution in [0.25, 0.3) is 0 Å². The second-order valence-electron chi connectivity index (χ2n) is 10.7. The van der Waals surface area contributed by atoms with Crippen LogP contribution in [0.5, 0.6) is 0 Å². The van der Waals surface area contributed by atoms with Crippen LogP contribution >= 0.6 is 0 Å². The van der Waals surface area contributed by atoms with E-state index in [2.05, 4.69) is 10.0 Å². The van der Waals surface area contributed by atoms with Gasteiger partial charge in [-0.3, -0.25) is 14.3 Å². The quantitative estimate of drug-likeness (QED) is 0.462. The fraction of sp³-hybridized carbons (Fsp3) is 0.538. The van der Waals surface area contributed by atoms with E-state index in [4.69, 9.17) is 5.11 Å². The largest absolute Gasteiger partial charge is 0.395 e. The van der Waals surface area contributed by atoms with Gasteiger partial charge in [0.2, 0.25) is 15.9 Å². The van der Waals surface area contributed by atoms with Crippen LogP contribution < -0.4 is 20.5 Å². The Labute approximate surface area is 219 Å². The summed E-state index contributed by atoms with van der Waals surface area (Å²) in [6, 6.07) is 6.91. The van der Waals surface area contributed by atoms with Crippen LogP contribution in [0.1, 0.15) is 61.3 Å². The lowest BCUT2D eigenvalue weighted by Crippen LogP contribution is -2.36. The number of carbonyl (C=O) groups excluding carboxylic acids is 1. The molecule has 1 aromatic heterocycles. The van der Waals surface area contributed by atoms with Gasteiger partial charge in [-0.2, -0.15) is 0 Å². The number of aliphatic hydroxyl groups is 1. The molecule has 3 N–H and O–H groups in total. The van der Waals surface area contributed by atoms with Gasteiger partial charge in [-0.05, 0) is 67.9 Å². The smallest absolute Gasteiger partial charge is 0.274 e. The zero-order valence-corrected chi connectivity index (χ0v) is 21.8. The number of hydrogen-bond donors (Lipinski definition) is 3. The number of halogens is 2. The molecule has 1 aliphatic heterocycles. The number of aromatic nitrogens is 1. The van der Waals surface area contributed by atoms with Gasteiger partial charge in [-0.25, -0.2) is 17.2 Å². The molecule has 2 aromatic rings. The molecular weight excluding hydrogens is 518 g/mol. The average Bonchev–Trinajstić information content (AvgIpc) is 3.51. The van der Waals surface area contributed by atoms with E-state index in [0.717, 1.165) is 12.8 Å². The van der Waals surface area contributed by atoms with Gasteiger partial charge in [-0.15, -0.1) is 0 Å². The van der Waals surface area contributed by atoms with Crippen molar-refractivity contribution in [2.75, 3.05) is 40.4 Å². The Morgan fingerprint density at radius 3 is 2.47 bits per heavy atom. The third-order valence-corrected chi connectivity index (χ3v) is 9.26. The van der Waals surface area contributed by atoms with Crippen molar-refractivity contribution in [3.63, 3.8) is 0 Å². The molecule has 5 rings (SSSR count). The van der Waals surface area contributed by atoms with Crippen molar-refractivity contribution in [3.8, 4) is 0 Å². The molecule has 1 unspecified atom stereocenters. The van der Waals surface area contributed by atoms with Gasteiger partial charge in [0.15, 0.2) is 0 Å². The number of piperidine rings is 1. The molecule has 1 spiro atoms. The van der Waals surface area contributed by atoms with Crippen LogP contribution in [-0.2, 0) is 10.0 Å². The van der Waals surface area contributed by atoms with E-state index in [0.29, 0.717) is 24.2 Å². The number of sulfonamides is 1. The Hall–Kier alpha value is -2.99. The van der Waals surface area contributed by atoms with Gasteiger partial charge in [0.1, 0.15) is 5.69 Å². The molecule has 3 aliphatic rings. The summed E-state index contributed by atoms with van der Waals surface area (Å²) in [6.45, 7) is 0.895. The Kier molecular flexibility index (Phi) is 6.97. The van der Waals surface area contributed by atoms with Crippen LogP contribution in [0.4, 0.5) is 25.8 Å². The van der Waals surface area contributed by atoms with Gasteiger partial charge in [0, 0.05) is 38.2 Å². The monoisotopic (exact) mass is 550 g/mol. The second-order valence-corrected chi connectivity index (χ2v) is 12.5. The number of nitrogens with zero attached hydrogens (tertiary/aromatic N) is 2. The fourth-order valence-corrected chi connectivity index (χ4v) is 6.37. The molecule has 1 atom stereocenters. The van der Waals surface area contributed by atoms with E-state index in [1.807, 2.05) is 4.90 Å². The molecule has 0 radical (unpaired) electrons. The zero-order valence-electron chi connectivity index (χ0n) is 21.0. The molecule has 9 nitrogen and oxygen atoms in total. The van der Waals surface area contributed by atoms with Crippen molar-refractivity contribution in [2.24, 2.45) is 5.41 Å². The lowest BCUT2D eigenvalue weighted by atomic mass is 9.93. The standard InChI is InChI=1S/C26H32F2N4O5S/c27-26(28)6-5-19(17-26)32-11-1-2-21(24(32)35)29-23(34)20-4-3-18(30-38(36,37)15-14-33)16-22(20)31-12-9-25(7-8-25)10-13-31/h1-4,11,16,19,30,33H,5-10,12-15,17H2,(H,29,34). The summed E-state index contributed by atoms with van der Waals surface area (Å²) in [7, 11) is -3.77. The summed E-state index contributed by atoms with van der Waals surface area (Å²) >= 11 is 0. The minimum Gasteiger partial charge on any atom is -0.395 e. The van der Waals surface area contributed by atoms with Crippen LogP contribution in [0, 0.1) is 5.41 Å². The lowest BCUT2D eigenvalue weighted by Gasteiger charge is -2.35. The van der Waals surface area contributed by atoms with Crippen LogP contribution in [0.15, 0.2) is 41.3 Å². The number of rotatable bonds is 8. The van der Waals surface area contributed by atoms with Crippen LogP contribution in [0.3, 0.4) is 0 Å². The number of anilines is 3. The minimum absolute atomic E-state index is 0.0121. The molecule has 3 fully saturated rings. The number of pyridine rings is 1. The van der Waals surface area contributed by atoms with Gasteiger partial charge in [0.25, 0.3) is 11.5 Å². The van der Waals surface area contributed by atoms with E-state index in [1.165, 1.54) is 41.8 Å². The number of benzene rings is 1. The highest BCUT2D eigenvalue weighted by Gasteiger charge is 2.45. The van der Waals surface area contributed by atoms with E-state index in [1.54, 1.807) is 12.1 Å². The summed E-state index contributed by atoms with van der Waals surface area (Å²) in [6.07, 6.45) is 5.29. The van der Waals surface area contributed by atoms with E-state index in [-0.39, 0.29) is 29.8 Å². The summed E-state index contributed by atoms with van der Waals surface area (Å²) in [4.78, 5) is 28.5. The first kappa shape index (κ1) is 26.6. The van der Waals surface area contributed by atoms with Crippen molar-refractivity contribution in [2.45, 2.75) is 56.9 Å². The van der Waals surface area contributed by atoms with Crippen molar-refractivity contribution in [1.82, 2.24) is 4.57 Å². The molecule has 38 heavy (non-hydrogen) atoms. The molecule has 12 heteroatoms. The van der Waals surface area contributed by atoms with Crippen molar-refractivity contribution in [1.29, 1.82) is 0 Å². The van der Waals surface area contributed by atoms with Crippen molar-refractivity contribution < 1.29 is 27.1 Å². The summed E-state index contributed by atoms with van der Waals surface area (Å²) in [5.41, 5.74) is 0.888. The van der Waals surface area contributed by atoms with E-state index in [9.17, 15) is 26.8 Å². The SMILES string of the molecule is O=C(Nc1cccn(C2CCC(F)(F)C2)c1=O)c1ccc(NS(=O)(=O)CCO)cc1N1CCC2(CC1)CC2. The molecule has 0 bridgehead atoms. The predicted molar refractivity (Wildman–Crippen MR) is 141 cm³/mol. The lowest BCUT2D eigenvalue weighted by molar-refractivity contribution is 0.00551. The Morgan fingerprint density at radius 2 is 1.84 bits per heavy atom. The third kappa shape index (κ3) is 5.70. The highest BCUT2D eigenvalue weighted by atomic mass is 32.2. The molecule has 1 saturated heterocycles. The molecule has 1 aromatic carbocycles. The maximum Gasteiger partial charge on any atom is 0.274 e. The number of hydrogen-bond acceptors (Lipinski definition) is 6. The van der Waals surface area contributed by atoms with Gasteiger partial charge < -0.3 is 19.9 Å². The number of aliphatic hydroxyl groups excluding tert-OH is 1. The van der Waals surface area contributed by atoms with Crippen molar-refractivity contribution in [3.05, 3.63) is 52.4 Å². The highest BCUT2D eigenvalue weighted by Crippen LogP contribution is 2.54. The van der Waals surface area contributed by atoms with Gasteiger partial charge in [0.05, 0.1) is 29.3 Å². The number of amides is 1. The first-order chi connectivity index (χ1) is 18.0. The molecular formula is C26H32F2N4O5S. The molecule has 2 saturated carbocycles. The summed E-state index contributed by atoms with van der Waals surface area (Å²) in [5, 5.41) is 11.7. The van der Waals surface area contributed by atoms with Crippen molar-refractivity contribution >= 4 is 33.0 Å². The predicted octanol–water partition coefficient (Wildman–Crippen LogP) is 3.58. The van der Waals surface area contributed by atoms with Crippen LogP contribution in [0.2, 0.25) is 0 Å². The Balaban J connectivity index is 1.42. The summed E-state index contributed by atoms with van der Waals surface area (Å²) < 4.78 is 55.6. The number of nitrogens with one attached hydrogen (secondary N) is 2. The van der Waals surface area contributed by atoms with Crippen LogP contribution in [-0.4, -0.2) is 55.4 Å². The molecule has 206 valence electrons. The number of alkyl halides is 2. The second kappa shape index (κ2) is 9.96.